The number of nitrogens with zero attached hydrogens (tertiary/aromatic N) is 1. The van der Waals surface area contributed by atoms with Crippen molar-refractivity contribution >= 4 is 39.3 Å². The number of carbonyl (C=O) groups excluding carboxylic acids is 1. The Labute approximate surface area is 130 Å². The van der Waals surface area contributed by atoms with Crippen LogP contribution in [0, 0.1) is 15.5 Å². The van der Waals surface area contributed by atoms with E-state index in [1.54, 1.807) is 0 Å². The van der Waals surface area contributed by atoms with Gasteiger partial charge in [0.25, 0.3) is 5.69 Å². The number of rotatable bonds is 2. The lowest BCUT2D eigenvalue weighted by molar-refractivity contribution is -0.384. The summed E-state index contributed by atoms with van der Waals surface area (Å²) in [4.78, 5) is 21.7. The molecule has 0 radical (unpaired) electrons. The van der Waals surface area contributed by atoms with Crippen LogP contribution >= 0.6 is 15.9 Å². The summed E-state index contributed by atoms with van der Waals surface area (Å²) in [6, 6.07) is 3.54. The highest BCUT2D eigenvalue weighted by molar-refractivity contribution is 9.10. The van der Waals surface area contributed by atoms with Crippen LogP contribution in [-0.4, -0.2) is 22.5 Å². The molecule has 0 fully saturated rings. The second-order valence-electron chi connectivity index (χ2n) is 5.25. The van der Waals surface area contributed by atoms with Gasteiger partial charge in [0.05, 0.1) is 10.6 Å². The quantitative estimate of drug-likeness (QED) is 0.281. The zero-order valence-corrected chi connectivity index (χ0v) is 13.4. The van der Waals surface area contributed by atoms with E-state index < -0.39 is 16.5 Å². The highest BCUT2D eigenvalue weighted by Crippen LogP contribution is 2.26. The predicted molar refractivity (Wildman–Crippen MR) is 83.6 cm³/mol. The van der Waals surface area contributed by atoms with E-state index in [1.807, 2.05) is 20.8 Å². The van der Waals surface area contributed by atoms with E-state index in [9.17, 15) is 14.9 Å². The van der Waals surface area contributed by atoms with Crippen molar-refractivity contribution in [3.63, 3.8) is 0 Å². The zero-order chi connectivity index (χ0) is 16.2. The molecule has 0 aliphatic carbocycles. The van der Waals surface area contributed by atoms with Gasteiger partial charge in [-0.2, -0.15) is 0 Å². The number of benzene rings is 1. The Bertz CT molecular complexity index is 583. The summed E-state index contributed by atoms with van der Waals surface area (Å²) >= 11 is 3.17. The van der Waals surface area contributed by atoms with Crippen LogP contribution in [0.15, 0.2) is 22.7 Å². The minimum absolute atomic E-state index is 0.0719. The van der Waals surface area contributed by atoms with Crippen molar-refractivity contribution in [2.75, 3.05) is 5.32 Å². The molecule has 4 N–H and O–H groups in total. The van der Waals surface area contributed by atoms with Crippen LogP contribution in [0.5, 0.6) is 0 Å². The molecule has 2 amide bonds. The molecule has 1 rings (SSSR count). The fourth-order valence-electron chi connectivity index (χ4n) is 1.37. The standard InChI is InChI=1S/C12H16BrN5O3/c1-12(2,3)17-11(19)16-10(14)15-9-5-4-7(18(20)21)6-8(9)13/h4-6H,1-3H3,(H4,14,15,16,17,19). The van der Waals surface area contributed by atoms with Crippen molar-refractivity contribution in [3.05, 3.63) is 32.8 Å². The van der Waals surface area contributed by atoms with Gasteiger partial charge < -0.3 is 10.6 Å². The third kappa shape index (κ3) is 5.78. The molecule has 1 aromatic rings. The molecule has 0 unspecified atom stereocenters. The molecule has 0 heterocycles. The van der Waals surface area contributed by atoms with Gasteiger partial charge >= 0.3 is 6.03 Å². The van der Waals surface area contributed by atoms with E-state index in [1.165, 1.54) is 18.2 Å². The lowest BCUT2D eigenvalue weighted by Crippen LogP contribution is -2.49. The lowest BCUT2D eigenvalue weighted by atomic mass is 10.1. The second-order valence-corrected chi connectivity index (χ2v) is 6.10. The summed E-state index contributed by atoms with van der Waals surface area (Å²) in [5, 5.41) is 25.9. The Hall–Kier alpha value is -2.16. The number of halogens is 1. The van der Waals surface area contributed by atoms with Crippen LogP contribution in [0.4, 0.5) is 16.2 Å². The van der Waals surface area contributed by atoms with Gasteiger partial charge in [0, 0.05) is 22.1 Å². The molecule has 8 nitrogen and oxygen atoms in total. The average molecular weight is 358 g/mol. The fourth-order valence-corrected chi connectivity index (χ4v) is 1.84. The number of carbonyl (C=O) groups is 1. The van der Waals surface area contributed by atoms with Crippen molar-refractivity contribution in [1.29, 1.82) is 5.41 Å². The van der Waals surface area contributed by atoms with E-state index in [-0.39, 0.29) is 11.6 Å². The maximum Gasteiger partial charge on any atom is 0.321 e. The van der Waals surface area contributed by atoms with Crippen LogP contribution in [-0.2, 0) is 0 Å². The van der Waals surface area contributed by atoms with Gasteiger partial charge in [-0.3, -0.25) is 20.8 Å². The minimum Gasteiger partial charge on any atom is -0.333 e. The van der Waals surface area contributed by atoms with E-state index in [0.717, 1.165) is 0 Å². The summed E-state index contributed by atoms with van der Waals surface area (Å²) < 4.78 is 0.416. The summed E-state index contributed by atoms with van der Waals surface area (Å²) in [5.41, 5.74) is -0.0581. The van der Waals surface area contributed by atoms with E-state index in [2.05, 4.69) is 31.9 Å². The van der Waals surface area contributed by atoms with Gasteiger partial charge in [0.1, 0.15) is 0 Å². The lowest BCUT2D eigenvalue weighted by Gasteiger charge is -2.21. The molecule has 0 aromatic heterocycles. The largest absolute Gasteiger partial charge is 0.333 e. The topological polar surface area (TPSA) is 120 Å². The number of non-ortho nitro benzene ring substituents is 1. The molecule has 0 saturated carbocycles. The van der Waals surface area contributed by atoms with Gasteiger partial charge in [-0.15, -0.1) is 0 Å². The third-order valence-corrected chi connectivity index (χ3v) is 2.81. The summed E-state index contributed by atoms with van der Waals surface area (Å²) in [6.45, 7) is 5.45. The molecule has 1 aromatic carbocycles. The Kier molecular flexibility index (Phi) is 5.25. The average Bonchev–Trinajstić information content (AvgIpc) is 2.28. The van der Waals surface area contributed by atoms with Crippen molar-refractivity contribution in [3.8, 4) is 0 Å². The first-order chi connectivity index (χ1) is 9.58. The van der Waals surface area contributed by atoms with Gasteiger partial charge in [-0.05, 0) is 42.8 Å². The zero-order valence-electron chi connectivity index (χ0n) is 11.8. The molecule has 21 heavy (non-hydrogen) atoms. The number of hydrogen-bond donors (Lipinski definition) is 4. The van der Waals surface area contributed by atoms with Gasteiger partial charge in [0.15, 0.2) is 0 Å². The van der Waals surface area contributed by atoms with Crippen LogP contribution in [0.2, 0.25) is 0 Å². The number of nitrogens with one attached hydrogen (secondary N) is 4. The normalized spacial score (nSPS) is 10.7. The highest BCUT2D eigenvalue weighted by Gasteiger charge is 2.15. The molecule has 0 aliphatic heterocycles. The molecule has 0 saturated heterocycles. The van der Waals surface area contributed by atoms with Crippen LogP contribution < -0.4 is 16.0 Å². The first-order valence-corrected chi connectivity index (χ1v) is 6.76. The van der Waals surface area contributed by atoms with Gasteiger partial charge in [0.2, 0.25) is 5.96 Å². The molecule has 114 valence electrons. The predicted octanol–water partition coefficient (Wildman–Crippen LogP) is 2.80. The number of guanidine groups is 1. The number of anilines is 1. The number of nitro benzene ring substituents is 1. The molecule has 0 spiro atoms. The van der Waals surface area contributed by atoms with Crippen molar-refractivity contribution in [2.24, 2.45) is 0 Å². The number of amides is 2. The summed E-state index contributed by atoms with van der Waals surface area (Å²) in [6.07, 6.45) is 0. The van der Waals surface area contributed by atoms with Gasteiger partial charge in [-0.1, -0.05) is 0 Å². The molecular formula is C12H16BrN5O3. The molecular weight excluding hydrogens is 342 g/mol. The van der Waals surface area contributed by atoms with E-state index in [0.29, 0.717) is 10.2 Å². The fraction of sp³-hybridized carbons (Fsp3) is 0.333. The molecule has 0 aliphatic rings. The van der Waals surface area contributed by atoms with Gasteiger partial charge in [-0.25, -0.2) is 4.79 Å². The van der Waals surface area contributed by atoms with E-state index in [4.69, 9.17) is 5.41 Å². The second kappa shape index (κ2) is 6.53. The number of nitro groups is 1. The summed E-state index contributed by atoms with van der Waals surface area (Å²) in [7, 11) is 0. The number of hydrogen-bond acceptors (Lipinski definition) is 4. The first kappa shape index (κ1) is 16.9. The Morgan fingerprint density at radius 2 is 2.00 bits per heavy atom. The smallest absolute Gasteiger partial charge is 0.321 e. The maximum absolute atomic E-state index is 11.6. The first-order valence-electron chi connectivity index (χ1n) is 5.97. The number of urea groups is 1. The minimum atomic E-state index is -0.519. The molecule has 0 atom stereocenters. The Morgan fingerprint density at radius 3 is 2.48 bits per heavy atom. The molecule has 0 bridgehead atoms. The third-order valence-electron chi connectivity index (χ3n) is 2.15. The summed E-state index contributed by atoms with van der Waals surface area (Å²) in [5.74, 6) is -0.244. The van der Waals surface area contributed by atoms with Crippen molar-refractivity contribution in [2.45, 2.75) is 26.3 Å². The van der Waals surface area contributed by atoms with E-state index >= 15 is 0 Å². The van der Waals surface area contributed by atoms with Crippen LogP contribution in [0.3, 0.4) is 0 Å². The van der Waals surface area contributed by atoms with Crippen LogP contribution in [0.25, 0.3) is 0 Å². The Balaban J connectivity index is 2.67. The molecule has 9 heteroatoms. The Morgan fingerprint density at radius 1 is 1.38 bits per heavy atom. The van der Waals surface area contributed by atoms with Crippen LogP contribution in [0.1, 0.15) is 20.8 Å². The highest BCUT2D eigenvalue weighted by atomic mass is 79.9. The maximum atomic E-state index is 11.6. The SMILES string of the molecule is CC(C)(C)NC(=O)NC(=N)Nc1ccc([N+](=O)[O-])cc1Br. The monoisotopic (exact) mass is 357 g/mol. The van der Waals surface area contributed by atoms with Crippen molar-refractivity contribution < 1.29 is 9.72 Å². The van der Waals surface area contributed by atoms with Crippen molar-refractivity contribution in [1.82, 2.24) is 10.6 Å².